The van der Waals surface area contributed by atoms with Crippen LogP contribution in [-0.4, -0.2) is 11.2 Å². The highest BCUT2D eigenvalue weighted by atomic mass is 16.3. The van der Waals surface area contributed by atoms with Crippen LogP contribution in [0.4, 0.5) is 0 Å². The van der Waals surface area contributed by atoms with Crippen molar-refractivity contribution in [2.24, 2.45) is 5.41 Å². The summed E-state index contributed by atoms with van der Waals surface area (Å²) in [6.07, 6.45) is 6.00. The molecule has 0 aliphatic carbocycles. The van der Waals surface area contributed by atoms with Crippen molar-refractivity contribution in [2.45, 2.75) is 52.6 Å². The zero-order chi connectivity index (χ0) is 9.61. The standard InChI is InChI=1S/C11H22O/c1-5-6-7-8-9-10(12)11(2,3)4/h5,10,12H,1,6-9H2,2-4H3. The molecule has 0 rings (SSSR count). The van der Waals surface area contributed by atoms with Gasteiger partial charge in [0.15, 0.2) is 0 Å². The van der Waals surface area contributed by atoms with Gasteiger partial charge in [0.2, 0.25) is 0 Å². The lowest BCUT2D eigenvalue weighted by Crippen LogP contribution is -2.25. The maximum absolute atomic E-state index is 9.66. The molecule has 0 aromatic carbocycles. The van der Waals surface area contributed by atoms with Crippen molar-refractivity contribution < 1.29 is 5.11 Å². The van der Waals surface area contributed by atoms with E-state index in [0.29, 0.717) is 0 Å². The minimum atomic E-state index is -0.165. The first-order valence-electron chi connectivity index (χ1n) is 4.77. The molecule has 0 spiro atoms. The molecule has 1 nitrogen and oxygen atoms in total. The fourth-order valence-corrected chi connectivity index (χ4v) is 1.06. The number of hydrogen-bond acceptors (Lipinski definition) is 1. The quantitative estimate of drug-likeness (QED) is 0.496. The van der Waals surface area contributed by atoms with Crippen LogP contribution in [0.1, 0.15) is 46.5 Å². The molecule has 0 saturated carbocycles. The molecule has 0 fully saturated rings. The Balaban J connectivity index is 3.44. The Bertz CT molecular complexity index is 121. The Labute approximate surface area is 76.5 Å². The van der Waals surface area contributed by atoms with Gasteiger partial charge in [0.1, 0.15) is 0 Å². The van der Waals surface area contributed by atoms with Crippen molar-refractivity contribution in [2.75, 3.05) is 0 Å². The second-order valence-electron chi connectivity index (χ2n) is 4.45. The molecule has 0 saturated heterocycles. The molecule has 0 amide bonds. The van der Waals surface area contributed by atoms with Crippen LogP contribution in [0.25, 0.3) is 0 Å². The molecule has 1 heteroatoms. The lowest BCUT2D eigenvalue weighted by molar-refractivity contribution is 0.0536. The van der Waals surface area contributed by atoms with Gasteiger partial charge in [0.25, 0.3) is 0 Å². The monoisotopic (exact) mass is 170 g/mol. The highest BCUT2D eigenvalue weighted by Gasteiger charge is 2.20. The highest BCUT2D eigenvalue weighted by molar-refractivity contribution is 4.73. The Kier molecular flexibility index (Phi) is 5.23. The summed E-state index contributed by atoms with van der Waals surface area (Å²) in [6, 6.07) is 0. The lowest BCUT2D eigenvalue weighted by atomic mass is 9.86. The van der Waals surface area contributed by atoms with Gasteiger partial charge in [-0.25, -0.2) is 0 Å². The third-order valence-corrected chi connectivity index (χ3v) is 2.14. The average molecular weight is 170 g/mol. The van der Waals surface area contributed by atoms with E-state index in [9.17, 15) is 5.11 Å². The summed E-state index contributed by atoms with van der Waals surface area (Å²) in [7, 11) is 0. The van der Waals surface area contributed by atoms with Gasteiger partial charge < -0.3 is 5.11 Å². The van der Waals surface area contributed by atoms with Crippen molar-refractivity contribution in [3.63, 3.8) is 0 Å². The number of rotatable bonds is 5. The maximum Gasteiger partial charge on any atom is 0.0588 e. The van der Waals surface area contributed by atoms with Gasteiger partial charge in [-0.3, -0.25) is 0 Å². The number of aliphatic hydroxyl groups is 1. The summed E-state index contributed by atoms with van der Waals surface area (Å²) in [5, 5.41) is 9.66. The summed E-state index contributed by atoms with van der Waals surface area (Å²) >= 11 is 0. The van der Waals surface area contributed by atoms with Crippen LogP contribution in [-0.2, 0) is 0 Å². The first kappa shape index (κ1) is 11.7. The topological polar surface area (TPSA) is 20.2 Å². The van der Waals surface area contributed by atoms with Gasteiger partial charge >= 0.3 is 0 Å². The fraction of sp³-hybridized carbons (Fsp3) is 0.818. The van der Waals surface area contributed by atoms with E-state index in [1.807, 2.05) is 6.08 Å². The number of hydrogen-bond donors (Lipinski definition) is 1. The average Bonchev–Trinajstić information content (AvgIpc) is 1.96. The van der Waals surface area contributed by atoms with Gasteiger partial charge in [-0.1, -0.05) is 33.3 Å². The molecule has 0 aliphatic rings. The van der Waals surface area contributed by atoms with Crippen LogP contribution in [0.2, 0.25) is 0 Å². The van der Waals surface area contributed by atoms with E-state index in [1.165, 1.54) is 0 Å². The van der Waals surface area contributed by atoms with Crippen LogP contribution >= 0.6 is 0 Å². The maximum atomic E-state index is 9.66. The second kappa shape index (κ2) is 5.36. The molecule has 0 aromatic rings. The number of aliphatic hydroxyl groups excluding tert-OH is 1. The third kappa shape index (κ3) is 5.36. The smallest absolute Gasteiger partial charge is 0.0588 e. The van der Waals surface area contributed by atoms with Crippen LogP contribution < -0.4 is 0 Å². The largest absolute Gasteiger partial charge is 0.393 e. The fourth-order valence-electron chi connectivity index (χ4n) is 1.06. The van der Waals surface area contributed by atoms with E-state index >= 15 is 0 Å². The van der Waals surface area contributed by atoms with E-state index < -0.39 is 0 Å². The van der Waals surface area contributed by atoms with E-state index in [1.54, 1.807) is 0 Å². The minimum absolute atomic E-state index is 0.0359. The molecule has 72 valence electrons. The van der Waals surface area contributed by atoms with Crippen LogP contribution in [0.5, 0.6) is 0 Å². The Morgan fingerprint density at radius 2 is 1.92 bits per heavy atom. The summed E-state index contributed by atoms with van der Waals surface area (Å²) < 4.78 is 0. The van der Waals surface area contributed by atoms with E-state index in [2.05, 4.69) is 27.4 Å². The SMILES string of the molecule is C=CCCCCC(O)C(C)(C)C. The van der Waals surface area contributed by atoms with E-state index in [0.717, 1.165) is 25.7 Å². The van der Waals surface area contributed by atoms with Gasteiger partial charge in [-0.05, 0) is 24.7 Å². The molecule has 12 heavy (non-hydrogen) atoms. The zero-order valence-electron chi connectivity index (χ0n) is 8.64. The lowest BCUT2D eigenvalue weighted by Gasteiger charge is -2.25. The highest BCUT2D eigenvalue weighted by Crippen LogP contribution is 2.23. The first-order valence-corrected chi connectivity index (χ1v) is 4.77. The van der Waals surface area contributed by atoms with Gasteiger partial charge in [0, 0.05) is 0 Å². The van der Waals surface area contributed by atoms with Crippen molar-refractivity contribution in [1.82, 2.24) is 0 Å². The predicted octanol–water partition coefficient (Wildman–Crippen LogP) is 3.14. The zero-order valence-corrected chi connectivity index (χ0v) is 8.64. The number of allylic oxidation sites excluding steroid dienone is 1. The molecular weight excluding hydrogens is 148 g/mol. The third-order valence-electron chi connectivity index (χ3n) is 2.14. The molecule has 1 atom stereocenters. The molecule has 0 heterocycles. The van der Waals surface area contributed by atoms with Crippen molar-refractivity contribution in [3.8, 4) is 0 Å². The molecule has 1 unspecified atom stereocenters. The summed E-state index contributed by atoms with van der Waals surface area (Å²) in [5.41, 5.74) is 0.0359. The first-order chi connectivity index (χ1) is 5.48. The van der Waals surface area contributed by atoms with Crippen LogP contribution in [0.3, 0.4) is 0 Å². The molecular formula is C11H22O. The second-order valence-corrected chi connectivity index (χ2v) is 4.45. The van der Waals surface area contributed by atoms with Gasteiger partial charge in [0.05, 0.1) is 6.10 Å². The number of unbranched alkanes of at least 4 members (excludes halogenated alkanes) is 2. The Hall–Kier alpha value is -0.300. The van der Waals surface area contributed by atoms with Gasteiger partial charge in [-0.2, -0.15) is 0 Å². The van der Waals surface area contributed by atoms with Crippen molar-refractivity contribution in [3.05, 3.63) is 12.7 Å². The van der Waals surface area contributed by atoms with Crippen molar-refractivity contribution in [1.29, 1.82) is 0 Å². The van der Waals surface area contributed by atoms with E-state index in [4.69, 9.17) is 0 Å². The minimum Gasteiger partial charge on any atom is -0.393 e. The molecule has 0 radical (unpaired) electrons. The summed E-state index contributed by atoms with van der Waals surface area (Å²) in [6.45, 7) is 9.89. The molecule has 0 aliphatic heterocycles. The molecule has 1 N–H and O–H groups in total. The molecule has 0 bridgehead atoms. The van der Waals surface area contributed by atoms with Crippen molar-refractivity contribution >= 4 is 0 Å². The predicted molar refractivity (Wildman–Crippen MR) is 54.1 cm³/mol. The Morgan fingerprint density at radius 1 is 1.33 bits per heavy atom. The van der Waals surface area contributed by atoms with Crippen LogP contribution in [0, 0.1) is 5.41 Å². The summed E-state index contributed by atoms with van der Waals surface area (Å²) in [5.74, 6) is 0. The normalized spacial score (nSPS) is 14.3. The van der Waals surface area contributed by atoms with Gasteiger partial charge in [-0.15, -0.1) is 6.58 Å². The Morgan fingerprint density at radius 3 is 2.33 bits per heavy atom. The summed E-state index contributed by atoms with van der Waals surface area (Å²) in [4.78, 5) is 0. The molecule has 0 aromatic heterocycles. The van der Waals surface area contributed by atoms with E-state index in [-0.39, 0.29) is 11.5 Å². The van der Waals surface area contributed by atoms with Crippen LogP contribution in [0.15, 0.2) is 12.7 Å².